The Morgan fingerprint density at radius 2 is 2.00 bits per heavy atom. The third kappa shape index (κ3) is 3.39. The van der Waals surface area contributed by atoms with Gasteiger partial charge in [0.1, 0.15) is 11.6 Å². The second kappa shape index (κ2) is 5.95. The van der Waals surface area contributed by atoms with Gasteiger partial charge < -0.3 is 15.0 Å². The lowest BCUT2D eigenvalue weighted by molar-refractivity contribution is 0.392. The fourth-order valence-electron chi connectivity index (χ4n) is 2.76. The van der Waals surface area contributed by atoms with E-state index in [-0.39, 0.29) is 0 Å². The summed E-state index contributed by atoms with van der Waals surface area (Å²) in [4.78, 5) is 11.1. The van der Waals surface area contributed by atoms with Gasteiger partial charge in [0.15, 0.2) is 0 Å². The quantitative estimate of drug-likeness (QED) is 0.888. The number of hydrogen-bond acceptors (Lipinski definition) is 5. The van der Waals surface area contributed by atoms with E-state index in [4.69, 9.17) is 4.74 Å². The summed E-state index contributed by atoms with van der Waals surface area (Å²) >= 11 is 0. The highest BCUT2D eigenvalue weighted by Crippen LogP contribution is 2.28. The van der Waals surface area contributed by atoms with Crippen LogP contribution in [0.4, 0.5) is 5.82 Å². The number of anilines is 1. The molecule has 2 heterocycles. The van der Waals surface area contributed by atoms with Crippen LogP contribution in [0.2, 0.25) is 0 Å². The number of methoxy groups -OCH3 is 1. The van der Waals surface area contributed by atoms with Gasteiger partial charge in [-0.3, -0.25) is 0 Å². The molecule has 1 aromatic rings. The summed E-state index contributed by atoms with van der Waals surface area (Å²) in [6.45, 7) is 5.24. The summed E-state index contributed by atoms with van der Waals surface area (Å²) in [6.07, 6.45) is 5.23. The van der Waals surface area contributed by atoms with E-state index in [1.54, 1.807) is 7.11 Å². The van der Waals surface area contributed by atoms with Crippen molar-refractivity contribution in [3.05, 3.63) is 11.9 Å². The smallest absolute Gasteiger partial charge is 0.218 e. The van der Waals surface area contributed by atoms with Crippen molar-refractivity contribution >= 4 is 5.82 Å². The molecule has 0 spiro atoms. The van der Waals surface area contributed by atoms with Gasteiger partial charge in [-0.05, 0) is 45.1 Å². The molecule has 1 aliphatic heterocycles. The molecule has 5 heteroatoms. The standard InChI is InChI=1S/C15H24N4O/c1-11-17-14(9-15(18-11)20-2)19-7-5-13(6-8-19)16-10-12-3-4-12/h9,12-13,16H,3-8,10H2,1-2H3. The fraction of sp³-hybridized carbons (Fsp3) is 0.733. The van der Waals surface area contributed by atoms with Crippen molar-refractivity contribution in [3.8, 4) is 5.88 Å². The highest BCUT2D eigenvalue weighted by Gasteiger charge is 2.25. The Balaban J connectivity index is 1.55. The van der Waals surface area contributed by atoms with Crippen molar-refractivity contribution < 1.29 is 4.74 Å². The Kier molecular flexibility index (Phi) is 4.05. The molecule has 1 aliphatic carbocycles. The SMILES string of the molecule is COc1cc(N2CCC(NCC3CC3)CC2)nc(C)n1. The molecule has 0 atom stereocenters. The molecule has 0 radical (unpaired) electrons. The maximum Gasteiger partial charge on any atom is 0.218 e. The van der Waals surface area contributed by atoms with Gasteiger partial charge in [0.25, 0.3) is 0 Å². The summed E-state index contributed by atoms with van der Waals surface area (Å²) in [5.41, 5.74) is 0. The van der Waals surface area contributed by atoms with Gasteiger partial charge in [-0.2, -0.15) is 4.98 Å². The van der Waals surface area contributed by atoms with E-state index in [2.05, 4.69) is 20.2 Å². The molecular formula is C15H24N4O. The molecule has 0 aromatic carbocycles. The molecule has 0 unspecified atom stereocenters. The second-order valence-corrected chi connectivity index (χ2v) is 5.93. The summed E-state index contributed by atoms with van der Waals surface area (Å²) in [5, 5.41) is 3.71. The number of rotatable bonds is 5. The largest absolute Gasteiger partial charge is 0.481 e. The van der Waals surface area contributed by atoms with E-state index in [9.17, 15) is 0 Å². The van der Waals surface area contributed by atoms with E-state index in [0.29, 0.717) is 11.9 Å². The molecule has 1 N–H and O–H groups in total. The second-order valence-electron chi connectivity index (χ2n) is 5.93. The average molecular weight is 276 g/mol. The first-order valence-corrected chi connectivity index (χ1v) is 7.62. The van der Waals surface area contributed by atoms with Gasteiger partial charge in [0, 0.05) is 25.2 Å². The van der Waals surface area contributed by atoms with Crippen LogP contribution in [-0.4, -0.2) is 42.8 Å². The number of hydrogen-bond donors (Lipinski definition) is 1. The maximum absolute atomic E-state index is 5.23. The lowest BCUT2D eigenvalue weighted by atomic mass is 10.0. The third-order valence-electron chi connectivity index (χ3n) is 4.22. The Bertz CT molecular complexity index is 453. The number of nitrogens with one attached hydrogen (secondary N) is 1. The van der Waals surface area contributed by atoms with Crippen molar-refractivity contribution in [2.45, 2.75) is 38.6 Å². The van der Waals surface area contributed by atoms with Gasteiger partial charge >= 0.3 is 0 Å². The molecule has 1 saturated heterocycles. The number of piperidine rings is 1. The number of aryl methyl sites for hydroxylation is 1. The molecule has 20 heavy (non-hydrogen) atoms. The highest BCUT2D eigenvalue weighted by molar-refractivity contribution is 5.42. The van der Waals surface area contributed by atoms with Crippen molar-refractivity contribution in [3.63, 3.8) is 0 Å². The third-order valence-corrected chi connectivity index (χ3v) is 4.22. The van der Waals surface area contributed by atoms with E-state index < -0.39 is 0 Å². The predicted octanol–water partition coefficient (Wildman–Crippen LogP) is 1.76. The van der Waals surface area contributed by atoms with E-state index in [1.807, 2.05) is 13.0 Å². The zero-order valence-corrected chi connectivity index (χ0v) is 12.4. The summed E-state index contributed by atoms with van der Waals surface area (Å²) in [5.74, 6) is 3.38. The number of aromatic nitrogens is 2. The van der Waals surface area contributed by atoms with E-state index in [1.165, 1.54) is 32.2 Å². The normalized spacial score (nSPS) is 20.2. The van der Waals surface area contributed by atoms with Crippen molar-refractivity contribution in [1.29, 1.82) is 0 Å². The fourth-order valence-corrected chi connectivity index (χ4v) is 2.76. The molecular weight excluding hydrogens is 252 g/mol. The molecule has 1 aromatic heterocycles. The average Bonchev–Trinajstić information content (AvgIpc) is 3.29. The topological polar surface area (TPSA) is 50.3 Å². The summed E-state index contributed by atoms with van der Waals surface area (Å²) < 4.78 is 5.23. The minimum atomic E-state index is 0.654. The van der Waals surface area contributed by atoms with Crippen molar-refractivity contribution in [2.75, 3.05) is 31.6 Å². The molecule has 0 bridgehead atoms. The van der Waals surface area contributed by atoms with Gasteiger partial charge in [0.05, 0.1) is 7.11 Å². The highest BCUT2D eigenvalue weighted by atomic mass is 16.5. The molecule has 3 rings (SSSR count). The van der Waals surface area contributed by atoms with Crippen LogP contribution in [0.1, 0.15) is 31.5 Å². The van der Waals surface area contributed by atoms with Gasteiger partial charge in [-0.25, -0.2) is 4.98 Å². The van der Waals surface area contributed by atoms with Crippen LogP contribution in [0.5, 0.6) is 5.88 Å². The number of ether oxygens (including phenoxy) is 1. The predicted molar refractivity (Wildman–Crippen MR) is 79.3 cm³/mol. The van der Waals surface area contributed by atoms with E-state index >= 15 is 0 Å². The summed E-state index contributed by atoms with van der Waals surface area (Å²) in [7, 11) is 1.65. The first-order valence-electron chi connectivity index (χ1n) is 7.62. The van der Waals surface area contributed by atoms with Gasteiger partial charge in [0.2, 0.25) is 5.88 Å². The molecule has 5 nitrogen and oxygen atoms in total. The molecule has 2 fully saturated rings. The minimum Gasteiger partial charge on any atom is -0.481 e. The minimum absolute atomic E-state index is 0.654. The van der Waals surface area contributed by atoms with Crippen LogP contribution in [0, 0.1) is 12.8 Å². The monoisotopic (exact) mass is 276 g/mol. The Hall–Kier alpha value is -1.36. The molecule has 110 valence electrons. The van der Waals surface area contributed by atoms with Gasteiger partial charge in [-0.15, -0.1) is 0 Å². The first-order chi connectivity index (χ1) is 9.74. The van der Waals surface area contributed by atoms with E-state index in [0.717, 1.165) is 30.6 Å². The van der Waals surface area contributed by atoms with Crippen LogP contribution in [0.3, 0.4) is 0 Å². The van der Waals surface area contributed by atoms with Crippen molar-refractivity contribution in [2.24, 2.45) is 5.92 Å². The zero-order chi connectivity index (χ0) is 13.9. The Labute approximate surface area is 120 Å². The molecule has 1 saturated carbocycles. The maximum atomic E-state index is 5.23. The van der Waals surface area contributed by atoms with Crippen LogP contribution in [-0.2, 0) is 0 Å². The summed E-state index contributed by atoms with van der Waals surface area (Å²) in [6, 6.07) is 2.61. The Morgan fingerprint density at radius 3 is 2.65 bits per heavy atom. The Morgan fingerprint density at radius 1 is 1.25 bits per heavy atom. The number of nitrogens with zero attached hydrogens (tertiary/aromatic N) is 3. The zero-order valence-electron chi connectivity index (χ0n) is 12.4. The molecule has 2 aliphatic rings. The lowest BCUT2D eigenvalue weighted by Crippen LogP contribution is -2.43. The van der Waals surface area contributed by atoms with Crippen LogP contribution in [0.25, 0.3) is 0 Å². The van der Waals surface area contributed by atoms with Gasteiger partial charge in [-0.1, -0.05) is 0 Å². The van der Waals surface area contributed by atoms with Crippen LogP contribution < -0.4 is 15.0 Å². The lowest BCUT2D eigenvalue weighted by Gasteiger charge is -2.33. The van der Waals surface area contributed by atoms with Crippen LogP contribution in [0.15, 0.2) is 6.07 Å². The van der Waals surface area contributed by atoms with Crippen molar-refractivity contribution in [1.82, 2.24) is 15.3 Å². The van der Waals surface area contributed by atoms with Crippen LogP contribution >= 0.6 is 0 Å². The first kappa shape index (κ1) is 13.6. The molecule has 0 amide bonds.